The highest BCUT2D eigenvalue weighted by molar-refractivity contribution is 5.97. The maximum atomic E-state index is 13.0. The summed E-state index contributed by atoms with van der Waals surface area (Å²) >= 11 is 0. The van der Waals surface area contributed by atoms with Crippen LogP contribution in [0.15, 0.2) is 18.2 Å². The lowest BCUT2D eigenvalue weighted by molar-refractivity contribution is -0.119. The molecule has 0 unspecified atom stereocenters. The first-order chi connectivity index (χ1) is 14.2. The van der Waals surface area contributed by atoms with Crippen molar-refractivity contribution in [1.82, 2.24) is 10.2 Å². The van der Waals surface area contributed by atoms with Crippen LogP contribution in [0.3, 0.4) is 0 Å². The maximum Gasteiger partial charge on any atom is 0.227 e. The third-order valence-corrected chi connectivity index (χ3v) is 6.06. The van der Waals surface area contributed by atoms with Crippen molar-refractivity contribution in [3.8, 4) is 22.8 Å². The summed E-state index contributed by atoms with van der Waals surface area (Å²) in [5.74, 6) is 1.84. The largest absolute Gasteiger partial charge is 0.497 e. The minimum atomic E-state index is 0.0764. The van der Waals surface area contributed by atoms with Crippen molar-refractivity contribution in [2.45, 2.75) is 44.4 Å². The number of hydrogen-bond acceptors (Lipinski definition) is 5. The van der Waals surface area contributed by atoms with Gasteiger partial charge in [0.2, 0.25) is 5.91 Å². The molecule has 29 heavy (non-hydrogen) atoms. The first kappa shape index (κ1) is 19.8. The molecule has 1 aromatic carbocycles. The molecule has 2 N–H and O–H groups in total. The first-order valence-electron chi connectivity index (χ1n) is 10.4. The maximum absolute atomic E-state index is 13.0. The van der Waals surface area contributed by atoms with Gasteiger partial charge in [-0.05, 0) is 43.9 Å². The van der Waals surface area contributed by atoms with Gasteiger partial charge >= 0.3 is 0 Å². The quantitative estimate of drug-likeness (QED) is 0.763. The van der Waals surface area contributed by atoms with Crippen LogP contribution in [-0.4, -0.2) is 43.5 Å². The normalized spacial score (nSPS) is 18.0. The van der Waals surface area contributed by atoms with Gasteiger partial charge in [0.05, 0.1) is 25.6 Å². The van der Waals surface area contributed by atoms with Crippen LogP contribution >= 0.6 is 0 Å². The van der Waals surface area contributed by atoms with Crippen LogP contribution in [0.2, 0.25) is 0 Å². The number of amides is 1. The van der Waals surface area contributed by atoms with E-state index in [9.17, 15) is 4.79 Å². The molecule has 4 rings (SSSR count). The minimum absolute atomic E-state index is 0.0764. The van der Waals surface area contributed by atoms with Gasteiger partial charge in [-0.3, -0.25) is 9.89 Å². The van der Waals surface area contributed by atoms with Crippen molar-refractivity contribution < 1.29 is 19.0 Å². The van der Waals surface area contributed by atoms with E-state index in [0.29, 0.717) is 17.2 Å². The Morgan fingerprint density at radius 2 is 1.90 bits per heavy atom. The summed E-state index contributed by atoms with van der Waals surface area (Å²) in [7, 11) is 3.26. The van der Waals surface area contributed by atoms with Gasteiger partial charge in [0.1, 0.15) is 17.2 Å². The van der Waals surface area contributed by atoms with Gasteiger partial charge in [0, 0.05) is 30.6 Å². The van der Waals surface area contributed by atoms with Gasteiger partial charge in [0.25, 0.3) is 0 Å². The first-order valence-corrected chi connectivity index (χ1v) is 10.4. The molecule has 1 aromatic heterocycles. The van der Waals surface area contributed by atoms with Crippen molar-refractivity contribution >= 4 is 11.6 Å². The fraction of sp³-hybridized carbons (Fsp3) is 0.545. The number of aromatic amines is 1. The molecule has 0 bridgehead atoms. The fourth-order valence-electron chi connectivity index (χ4n) is 4.37. The number of anilines is 1. The number of carbonyl (C=O) groups is 1. The lowest BCUT2D eigenvalue weighted by atomic mass is 9.94. The van der Waals surface area contributed by atoms with Gasteiger partial charge in [0.15, 0.2) is 0 Å². The summed E-state index contributed by atoms with van der Waals surface area (Å²) in [5, 5.41) is 11.0. The van der Waals surface area contributed by atoms with Crippen LogP contribution in [0, 0.1) is 5.92 Å². The number of rotatable bonds is 6. The van der Waals surface area contributed by atoms with Gasteiger partial charge in [-0.25, -0.2) is 0 Å². The molecule has 2 aromatic rings. The summed E-state index contributed by atoms with van der Waals surface area (Å²) in [6.45, 7) is 1.44. The number of benzene rings is 1. The zero-order chi connectivity index (χ0) is 20.2. The highest BCUT2D eigenvalue weighted by Gasteiger charge is 2.29. The van der Waals surface area contributed by atoms with Crippen LogP contribution in [0.5, 0.6) is 11.5 Å². The van der Waals surface area contributed by atoms with E-state index >= 15 is 0 Å². The van der Waals surface area contributed by atoms with E-state index in [4.69, 9.17) is 14.2 Å². The lowest BCUT2D eigenvalue weighted by Gasteiger charge is -2.23. The van der Waals surface area contributed by atoms with Gasteiger partial charge < -0.3 is 19.5 Å². The Morgan fingerprint density at radius 1 is 1.14 bits per heavy atom. The molecule has 7 heteroatoms. The van der Waals surface area contributed by atoms with E-state index in [2.05, 4.69) is 15.5 Å². The number of nitrogens with one attached hydrogen (secondary N) is 2. The minimum Gasteiger partial charge on any atom is -0.497 e. The number of carbonyl (C=O) groups excluding carboxylic acids is 1. The highest BCUT2D eigenvalue weighted by Crippen LogP contribution is 2.41. The molecular weight excluding hydrogens is 370 g/mol. The molecule has 1 aliphatic heterocycles. The van der Waals surface area contributed by atoms with Crippen LogP contribution in [0.25, 0.3) is 11.3 Å². The predicted molar refractivity (Wildman–Crippen MR) is 111 cm³/mol. The zero-order valence-corrected chi connectivity index (χ0v) is 17.1. The smallest absolute Gasteiger partial charge is 0.227 e. The van der Waals surface area contributed by atoms with E-state index in [1.54, 1.807) is 14.2 Å². The van der Waals surface area contributed by atoms with E-state index in [1.807, 2.05) is 18.2 Å². The molecule has 1 amide bonds. The van der Waals surface area contributed by atoms with Crippen LogP contribution in [0.1, 0.15) is 50.1 Å². The van der Waals surface area contributed by atoms with Crippen LogP contribution in [0.4, 0.5) is 5.69 Å². The Balaban J connectivity index is 1.75. The monoisotopic (exact) mass is 399 g/mol. The lowest BCUT2D eigenvalue weighted by Crippen LogP contribution is -2.22. The Labute approximate surface area is 171 Å². The number of aromatic nitrogens is 2. The second-order valence-electron chi connectivity index (χ2n) is 7.78. The molecule has 0 radical (unpaired) electrons. The van der Waals surface area contributed by atoms with Crippen molar-refractivity contribution in [3.63, 3.8) is 0 Å². The van der Waals surface area contributed by atoms with Crippen molar-refractivity contribution in [2.24, 2.45) is 5.92 Å². The van der Waals surface area contributed by atoms with Crippen LogP contribution < -0.4 is 14.8 Å². The van der Waals surface area contributed by atoms with E-state index in [-0.39, 0.29) is 17.7 Å². The average Bonchev–Trinajstić information content (AvgIpc) is 3.44. The molecule has 1 saturated heterocycles. The number of nitrogens with zero attached hydrogens (tertiary/aromatic N) is 1. The molecule has 2 fully saturated rings. The summed E-state index contributed by atoms with van der Waals surface area (Å²) in [6.07, 6.45) is 5.95. The highest BCUT2D eigenvalue weighted by atomic mass is 16.5. The third-order valence-electron chi connectivity index (χ3n) is 6.06. The second-order valence-corrected chi connectivity index (χ2v) is 7.78. The molecule has 0 spiro atoms. The Bertz CT molecular complexity index is 852. The molecule has 1 aliphatic carbocycles. The Kier molecular flexibility index (Phi) is 6.04. The van der Waals surface area contributed by atoms with Crippen molar-refractivity contribution in [1.29, 1.82) is 0 Å². The topological polar surface area (TPSA) is 85.5 Å². The van der Waals surface area contributed by atoms with Gasteiger partial charge in [-0.1, -0.05) is 12.8 Å². The van der Waals surface area contributed by atoms with Crippen LogP contribution in [-0.2, 0) is 9.53 Å². The average molecular weight is 399 g/mol. The SMILES string of the molecule is COc1ccc(OC)c(-c2n[nH]c(C3CCOCC3)c2NC(=O)C2CCCC2)c1. The van der Waals surface area contributed by atoms with E-state index in [1.165, 1.54) is 0 Å². The van der Waals surface area contributed by atoms with Crippen molar-refractivity contribution in [2.75, 3.05) is 32.8 Å². The fourth-order valence-corrected chi connectivity index (χ4v) is 4.37. The summed E-state index contributed by atoms with van der Waals surface area (Å²) in [6, 6.07) is 5.61. The number of H-pyrrole nitrogens is 1. The molecular formula is C22H29N3O4. The number of methoxy groups -OCH3 is 2. The molecule has 7 nitrogen and oxygen atoms in total. The summed E-state index contributed by atoms with van der Waals surface area (Å²) in [5.41, 5.74) is 3.22. The standard InChI is InChI=1S/C22H29N3O4/c1-27-16-7-8-18(28-2)17(13-16)20-21(23-22(26)15-5-3-4-6-15)19(24-25-20)14-9-11-29-12-10-14/h7-8,13-15H,3-6,9-12H2,1-2H3,(H,23,26)(H,24,25). The molecule has 156 valence electrons. The Morgan fingerprint density at radius 3 is 2.59 bits per heavy atom. The molecule has 0 atom stereocenters. The van der Waals surface area contributed by atoms with Gasteiger partial charge in [-0.2, -0.15) is 5.10 Å². The molecule has 2 heterocycles. The van der Waals surface area contributed by atoms with Crippen molar-refractivity contribution in [3.05, 3.63) is 23.9 Å². The predicted octanol–water partition coefficient (Wildman–Crippen LogP) is 4.12. The second kappa shape index (κ2) is 8.86. The third kappa shape index (κ3) is 4.10. The summed E-state index contributed by atoms with van der Waals surface area (Å²) < 4.78 is 16.5. The molecule has 2 aliphatic rings. The Hall–Kier alpha value is -2.54. The summed E-state index contributed by atoms with van der Waals surface area (Å²) in [4.78, 5) is 13.0. The zero-order valence-electron chi connectivity index (χ0n) is 17.1. The molecule has 1 saturated carbocycles. The van der Waals surface area contributed by atoms with E-state index < -0.39 is 0 Å². The van der Waals surface area contributed by atoms with E-state index in [0.717, 1.165) is 68.7 Å². The van der Waals surface area contributed by atoms with Gasteiger partial charge in [-0.15, -0.1) is 0 Å². The number of ether oxygens (including phenoxy) is 3. The number of hydrogen-bond donors (Lipinski definition) is 2.